The van der Waals surface area contributed by atoms with Crippen LogP contribution in [-0.4, -0.2) is 22.2 Å². The van der Waals surface area contributed by atoms with Crippen molar-refractivity contribution in [2.45, 2.75) is 19.8 Å². The van der Waals surface area contributed by atoms with Gasteiger partial charge in [0.05, 0.1) is 17.9 Å². The third-order valence-electron chi connectivity index (χ3n) is 2.91. The molecule has 20 heavy (non-hydrogen) atoms. The van der Waals surface area contributed by atoms with Crippen molar-refractivity contribution in [2.24, 2.45) is 7.05 Å². The van der Waals surface area contributed by atoms with E-state index in [2.05, 4.69) is 29.6 Å². The first kappa shape index (κ1) is 14.1. The van der Waals surface area contributed by atoms with Crippen LogP contribution in [0, 0.1) is 0 Å². The Morgan fingerprint density at radius 1 is 1.30 bits per heavy atom. The van der Waals surface area contributed by atoms with Crippen molar-refractivity contribution >= 4 is 17.3 Å². The van der Waals surface area contributed by atoms with E-state index < -0.39 is 0 Å². The van der Waals surface area contributed by atoms with Gasteiger partial charge in [-0.1, -0.05) is 32.0 Å². The summed E-state index contributed by atoms with van der Waals surface area (Å²) >= 11 is 0. The Labute approximate surface area is 119 Å². The fourth-order valence-corrected chi connectivity index (χ4v) is 1.96. The summed E-state index contributed by atoms with van der Waals surface area (Å²) in [7, 11) is 1.85. The average Bonchev–Trinajstić information content (AvgIpc) is 2.79. The van der Waals surface area contributed by atoms with Crippen molar-refractivity contribution in [1.29, 1.82) is 0 Å². The minimum absolute atomic E-state index is 0.0799. The van der Waals surface area contributed by atoms with Gasteiger partial charge < -0.3 is 10.6 Å². The van der Waals surface area contributed by atoms with Crippen LogP contribution in [0.15, 0.2) is 36.5 Å². The first-order valence-electron chi connectivity index (χ1n) is 6.68. The lowest BCUT2D eigenvalue weighted by Crippen LogP contribution is -2.22. The molecule has 1 aromatic heterocycles. The third-order valence-corrected chi connectivity index (χ3v) is 2.91. The van der Waals surface area contributed by atoms with Crippen molar-refractivity contribution in [2.75, 3.05) is 17.2 Å². The zero-order valence-electron chi connectivity index (χ0n) is 12.1. The maximum atomic E-state index is 12.0. The van der Waals surface area contributed by atoms with E-state index >= 15 is 0 Å². The van der Waals surface area contributed by atoms with Gasteiger partial charge in [0.1, 0.15) is 0 Å². The van der Waals surface area contributed by atoms with E-state index in [4.69, 9.17) is 0 Å². The summed E-state index contributed by atoms with van der Waals surface area (Å²) in [6, 6.07) is 9.65. The molecule has 2 aromatic rings. The highest BCUT2D eigenvalue weighted by Gasteiger charge is 2.13. The van der Waals surface area contributed by atoms with Crippen LogP contribution in [0.25, 0.3) is 0 Å². The van der Waals surface area contributed by atoms with E-state index in [0.717, 1.165) is 17.1 Å². The van der Waals surface area contributed by atoms with Crippen molar-refractivity contribution in [3.63, 3.8) is 0 Å². The number of carbonyl (C=O) groups is 1. The van der Waals surface area contributed by atoms with Gasteiger partial charge in [-0.15, -0.1) is 0 Å². The number of rotatable bonds is 5. The zero-order valence-corrected chi connectivity index (χ0v) is 12.1. The van der Waals surface area contributed by atoms with Gasteiger partial charge in [-0.3, -0.25) is 9.48 Å². The Balaban J connectivity index is 1.95. The molecule has 0 aliphatic heterocycles. The van der Waals surface area contributed by atoms with Gasteiger partial charge in [0.25, 0.3) is 0 Å². The van der Waals surface area contributed by atoms with Gasteiger partial charge in [0, 0.05) is 18.9 Å². The fraction of sp³-hybridized carbons (Fsp3) is 0.333. The summed E-state index contributed by atoms with van der Waals surface area (Å²) in [5.41, 5.74) is 2.61. The van der Waals surface area contributed by atoms with Crippen LogP contribution in [0.5, 0.6) is 0 Å². The molecule has 1 heterocycles. The predicted octanol–water partition coefficient (Wildman–Crippen LogP) is 2.59. The SMILES string of the molecule is CC(C)c1nn(C)cc1NC(=O)CNc1ccccc1. The van der Waals surface area contributed by atoms with Crippen molar-refractivity contribution in [3.8, 4) is 0 Å². The predicted molar refractivity (Wildman–Crippen MR) is 80.9 cm³/mol. The van der Waals surface area contributed by atoms with Gasteiger partial charge in [-0.2, -0.15) is 5.10 Å². The van der Waals surface area contributed by atoms with Gasteiger partial charge in [-0.25, -0.2) is 0 Å². The smallest absolute Gasteiger partial charge is 0.243 e. The molecule has 2 rings (SSSR count). The molecule has 0 spiro atoms. The molecular formula is C15H20N4O. The summed E-state index contributed by atoms with van der Waals surface area (Å²) in [5, 5.41) is 10.3. The number of aryl methyl sites for hydroxylation is 1. The molecule has 106 valence electrons. The molecule has 0 radical (unpaired) electrons. The van der Waals surface area contributed by atoms with Gasteiger partial charge in [-0.05, 0) is 18.1 Å². The van der Waals surface area contributed by atoms with Crippen molar-refractivity contribution < 1.29 is 4.79 Å². The van der Waals surface area contributed by atoms with Crippen LogP contribution < -0.4 is 10.6 Å². The largest absolute Gasteiger partial charge is 0.376 e. The topological polar surface area (TPSA) is 59.0 Å². The number of aromatic nitrogens is 2. The summed E-state index contributed by atoms with van der Waals surface area (Å²) < 4.78 is 1.72. The number of carbonyl (C=O) groups excluding carboxylic acids is 1. The van der Waals surface area contributed by atoms with Gasteiger partial charge in [0.15, 0.2) is 0 Å². The number of hydrogen-bond donors (Lipinski definition) is 2. The Kier molecular flexibility index (Phi) is 4.40. The molecule has 0 atom stereocenters. The lowest BCUT2D eigenvalue weighted by Gasteiger charge is -2.08. The molecule has 5 heteroatoms. The zero-order chi connectivity index (χ0) is 14.5. The quantitative estimate of drug-likeness (QED) is 0.879. The van der Waals surface area contributed by atoms with Crippen molar-refractivity contribution in [3.05, 3.63) is 42.2 Å². The third kappa shape index (κ3) is 3.60. The second kappa shape index (κ2) is 6.23. The first-order chi connectivity index (χ1) is 9.56. The lowest BCUT2D eigenvalue weighted by molar-refractivity contribution is -0.114. The molecule has 0 aliphatic rings. The Morgan fingerprint density at radius 2 is 2.00 bits per heavy atom. The molecule has 0 saturated carbocycles. The number of nitrogens with one attached hydrogen (secondary N) is 2. The summed E-state index contributed by atoms with van der Waals surface area (Å²) in [5.74, 6) is 0.192. The molecule has 1 aromatic carbocycles. The Morgan fingerprint density at radius 3 is 2.65 bits per heavy atom. The Hall–Kier alpha value is -2.30. The second-order valence-corrected chi connectivity index (χ2v) is 5.02. The highest BCUT2D eigenvalue weighted by atomic mass is 16.1. The van der Waals surface area contributed by atoms with E-state index in [-0.39, 0.29) is 18.4 Å². The average molecular weight is 272 g/mol. The normalized spacial score (nSPS) is 10.6. The number of para-hydroxylation sites is 1. The number of nitrogens with zero attached hydrogens (tertiary/aromatic N) is 2. The second-order valence-electron chi connectivity index (χ2n) is 5.02. The van der Waals surface area contributed by atoms with E-state index in [1.807, 2.05) is 43.6 Å². The highest BCUT2D eigenvalue weighted by Crippen LogP contribution is 2.21. The molecule has 2 N–H and O–H groups in total. The maximum Gasteiger partial charge on any atom is 0.243 e. The molecule has 5 nitrogen and oxygen atoms in total. The molecule has 0 fully saturated rings. The van der Waals surface area contributed by atoms with E-state index in [9.17, 15) is 4.79 Å². The summed E-state index contributed by atoms with van der Waals surface area (Å²) in [6.07, 6.45) is 1.83. The fourth-order valence-electron chi connectivity index (χ4n) is 1.96. The first-order valence-corrected chi connectivity index (χ1v) is 6.68. The number of hydrogen-bond acceptors (Lipinski definition) is 3. The van der Waals surface area contributed by atoms with E-state index in [1.165, 1.54) is 0 Å². The monoisotopic (exact) mass is 272 g/mol. The van der Waals surface area contributed by atoms with Crippen LogP contribution >= 0.6 is 0 Å². The van der Waals surface area contributed by atoms with Crippen molar-refractivity contribution in [1.82, 2.24) is 9.78 Å². The minimum Gasteiger partial charge on any atom is -0.376 e. The van der Waals surface area contributed by atoms with Gasteiger partial charge in [0.2, 0.25) is 5.91 Å². The molecule has 0 unspecified atom stereocenters. The van der Waals surface area contributed by atoms with Crippen LogP contribution in [0.3, 0.4) is 0 Å². The Bertz CT molecular complexity index is 575. The number of benzene rings is 1. The van der Waals surface area contributed by atoms with Crippen LogP contribution in [0.1, 0.15) is 25.5 Å². The van der Waals surface area contributed by atoms with Crippen LogP contribution in [0.2, 0.25) is 0 Å². The molecule has 1 amide bonds. The van der Waals surface area contributed by atoms with E-state index in [1.54, 1.807) is 4.68 Å². The summed E-state index contributed by atoms with van der Waals surface area (Å²) in [4.78, 5) is 12.0. The highest BCUT2D eigenvalue weighted by molar-refractivity contribution is 5.94. The lowest BCUT2D eigenvalue weighted by atomic mass is 10.1. The molecule has 0 bridgehead atoms. The number of anilines is 2. The van der Waals surface area contributed by atoms with E-state index in [0.29, 0.717) is 0 Å². The molecule has 0 aliphatic carbocycles. The van der Waals surface area contributed by atoms with Gasteiger partial charge >= 0.3 is 0 Å². The maximum absolute atomic E-state index is 12.0. The molecular weight excluding hydrogens is 252 g/mol. The minimum atomic E-state index is -0.0799. The number of amides is 1. The molecule has 0 saturated heterocycles. The standard InChI is InChI=1S/C15H20N4O/c1-11(2)15-13(10-19(3)18-15)17-14(20)9-16-12-7-5-4-6-8-12/h4-8,10-11,16H,9H2,1-3H3,(H,17,20). The van der Waals surface area contributed by atoms with Crippen LogP contribution in [-0.2, 0) is 11.8 Å². The summed E-state index contributed by atoms with van der Waals surface area (Å²) in [6.45, 7) is 4.34. The van der Waals surface area contributed by atoms with Crippen LogP contribution in [0.4, 0.5) is 11.4 Å².